The molecular formula is C11H19F3N2O. The molecule has 3 nitrogen and oxygen atoms in total. The van der Waals surface area contributed by atoms with Gasteiger partial charge < -0.3 is 10.4 Å². The van der Waals surface area contributed by atoms with Crippen molar-refractivity contribution in [3.8, 4) is 0 Å². The summed E-state index contributed by atoms with van der Waals surface area (Å²) in [7, 11) is 0. The first-order valence-electron chi connectivity index (χ1n) is 6.14. The standard InChI is InChI=1S/C11H19F3N2O/c12-11(13,14)10-6-16(5-8(10)7-17)9-1-3-15-4-2-9/h8-10,15,17H,1-7H2. The van der Waals surface area contributed by atoms with Crippen LogP contribution in [0.1, 0.15) is 12.8 Å². The number of halogens is 3. The van der Waals surface area contributed by atoms with Gasteiger partial charge in [0.25, 0.3) is 0 Å². The van der Waals surface area contributed by atoms with Crippen molar-refractivity contribution in [1.82, 2.24) is 10.2 Å². The van der Waals surface area contributed by atoms with E-state index in [9.17, 15) is 13.2 Å². The molecule has 2 aliphatic rings. The molecule has 6 heteroatoms. The molecule has 2 N–H and O–H groups in total. The number of hydrogen-bond donors (Lipinski definition) is 2. The van der Waals surface area contributed by atoms with Gasteiger partial charge in [0.15, 0.2) is 0 Å². The summed E-state index contributed by atoms with van der Waals surface area (Å²) in [6.45, 7) is 1.82. The van der Waals surface area contributed by atoms with E-state index in [4.69, 9.17) is 5.11 Å². The lowest BCUT2D eigenvalue weighted by Crippen LogP contribution is -2.42. The molecule has 2 saturated heterocycles. The lowest BCUT2D eigenvalue weighted by molar-refractivity contribution is -0.183. The molecule has 0 aromatic carbocycles. The fourth-order valence-electron chi connectivity index (χ4n) is 2.93. The maximum atomic E-state index is 12.8. The Morgan fingerprint density at radius 3 is 2.29 bits per heavy atom. The Bertz CT molecular complexity index is 254. The van der Waals surface area contributed by atoms with Crippen LogP contribution in [0.25, 0.3) is 0 Å². The van der Waals surface area contributed by atoms with Crippen molar-refractivity contribution in [3.63, 3.8) is 0 Å². The third-order valence-corrected chi connectivity index (χ3v) is 3.95. The Morgan fingerprint density at radius 2 is 1.82 bits per heavy atom. The summed E-state index contributed by atoms with van der Waals surface area (Å²) >= 11 is 0. The van der Waals surface area contributed by atoms with Crippen molar-refractivity contribution in [3.05, 3.63) is 0 Å². The van der Waals surface area contributed by atoms with E-state index in [1.807, 2.05) is 4.90 Å². The van der Waals surface area contributed by atoms with Gasteiger partial charge in [-0.15, -0.1) is 0 Å². The molecule has 2 rings (SSSR count). The number of hydrogen-bond acceptors (Lipinski definition) is 3. The van der Waals surface area contributed by atoms with E-state index < -0.39 is 18.0 Å². The van der Waals surface area contributed by atoms with Crippen LogP contribution < -0.4 is 5.32 Å². The lowest BCUT2D eigenvalue weighted by Gasteiger charge is -2.31. The fourth-order valence-corrected chi connectivity index (χ4v) is 2.93. The molecule has 0 bridgehead atoms. The van der Waals surface area contributed by atoms with Gasteiger partial charge in [0.2, 0.25) is 0 Å². The molecular weight excluding hydrogens is 233 g/mol. The van der Waals surface area contributed by atoms with Gasteiger partial charge in [0, 0.05) is 31.7 Å². The zero-order valence-electron chi connectivity index (χ0n) is 9.71. The molecule has 0 saturated carbocycles. The van der Waals surface area contributed by atoms with Crippen molar-refractivity contribution in [2.24, 2.45) is 11.8 Å². The van der Waals surface area contributed by atoms with Gasteiger partial charge >= 0.3 is 6.18 Å². The maximum Gasteiger partial charge on any atom is 0.393 e. The highest BCUT2D eigenvalue weighted by atomic mass is 19.4. The van der Waals surface area contributed by atoms with Gasteiger partial charge in [0.05, 0.1) is 5.92 Å². The second-order valence-electron chi connectivity index (χ2n) is 5.03. The number of alkyl halides is 3. The zero-order chi connectivity index (χ0) is 12.5. The predicted molar refractivity (Wildman–Crippen MR) is 57.6 cm³/mol. The summed E-state index contributed by atoms with van der Waals surface area (Å²) in [4.78, 5) is 1.92. The third kappa shape index (κ3) is 2.92. The van der Waals surface area contributed by atoms with Crippen LogP contribution in [-0.2, 0) is 0 Å². The van der Waals surface area contributed by atoms with Crippen LogP contribution in [-0.4, -0.2) is 55.0 Å². The third-order valence-electron chi connectivity index (χ3n) is 3.95. The second kappa shape index (κ2) is 5.12. The first-order valence-corrected chi connectivity index (χ1v) is 6.14. The fraction of sp³-hybridized carbons (Fsp3) is 1.00. The van der Waals surface area contributed by atoms with Crippen molar-refractivity contribution >= 4 is 0 Å². The van der Waals surface area contributed by atoms with Crippen molar-refractivity contribution in [2.75, 3.05) is 32.8 Å². The first kappa shape index (κ1) is 13.1. The molecule has 0 spiro atoms. The van der Waals surface area contributed by atoms with E-state index in [0.29, 0.717) is 6.54 Å². The SMILES string of the molecule is OCC1CN(C2CCNCC2)CC1C(F)(F)F. The minimum atomic E-state index is -4.19. The van der Waals surface area contributed by atoms with Crippen LogP contribution in [0.15, 0.2) is 0 Å². The van der Waals surface area contributed by atoms with Crippen LogP contribution in [0.4, 0.5) is 13.2 Å². The smallest absolute Gasteiger partial charge is 0.393 e. The molecule has 0 aromatic rings. The van der Waals surface area contributed by atoms with Gasteiger partial charge in [-0.05, 0) is 25.9 Å². The highest BCUT2D eigenvalue weighted by molar-refractivity contribution is 4.92. The molecule has 2 fully saturated rings. The van der Waals surface area contributed by atoms with Crippen LogP contribution in [0.2, 0.25) is 0 Å². The molecule has 0 aliphatic carbocycles. The summed E-state index contributed by atoms with van der Waals surface area (Å²) in [6.07, 6.45) is -2.37. The largest absolute Gasteiger partial charge is 0.396 e. The Morgan fingerprint density at radius 1 is 1.18 bits per heavy atom. The van der Waals surface area contributed by atoms with Gasteiger partial charge in [-0.25, -0.2) is 0 Å². The molecule has 0 aromatic heterocycles. The van der Waals surface area contributed by atoms with Crippen molar-refractivity contribution in [1.29, 1.82) is 0 Å². The topological polar surface area (TPSA) is 35.5 Å². The summed E-state index contributed by atoms with van der Waals surface area (Å²) in [6, 6.07) is 0.248. The minimum absolute atomic E-state index is 0.0550. The first-order chi connectivity index (χ1) is 8.02. The summed E-state index contributed by atoms with van der Waals surface area (Å²) in [5, 5.41) is 12.3. The Hall–Kier alpha value is -0.330. The van der Waals surface area contributed by atoms with Crippen molar-refractivity contribution < 1.29 is 18.3 Å². The highest BCUT2D eigenvalue weighted by Gasteiger charge is 2.50. The highest BCUT2D eigenvalue weighted by Crippen LogP contribution is 2.38. The molecule has 0 amide bonds. The number of rotatable bonds is 2. The van der Waals surface area contributed by atoms with Gasteiger partial charge in [-0.2, -0.15) is 13.2 Å². The van der Waals surface area contributed by atoms with E-state index >= 15 is 0 Å². The number of aliphatic hydroxyl groups excluding tert-OH is 1. The van der Waals surface area contributed by atoms with E-state index in [1.54, 1.807) is 0 Å². The monoisotopic (exact) mass is 252 g/mol. The van der Waals surface area contributed by atoms with Gasteiger partial charge in [-0.3, -0.25) is 4.90 Å². The number of nitrogens with zero attached hydrogens (tertiary/aromatic N) is 1. The molecule has 2 unspecified atom stereocenters. The Labute approximate surface area is 99.0 Å². The number of likely N-dealkylation sites (tertiary alicyclic amines) is 1. The summed E-state index contributed by atoms with van der Waals surface area (Å²) in [5.74, 6) is -2.01. The number of piperidine rings is 1. The van der Waals surface area contributed by atoms with Crippen LogP contribution in [0.5, 0.6) is 0 Å². The quantitative estimate of drug-likeness (QED) is 0.764. The maximum absolute atomic E-state index is 12.8. The average Bonchev–Trinajstić information content (AvgIpc) is 2.74. The molecule has 2 atom stereocenters. The molecule has 0 radical (unpaired) electrons. The van der Waals surface area contributed by atoms with Crippen LogP contribution >= 0.6 is 0 Å². The van der Waals surface area contributed by atoms with Gasteiger partial charge in [0.1, 0.15) is 0 Å². The van der Waals surface area contributed by atoms with Crippen molar-refractivity contribution in [2.45, 2.75) is 25.1 Å². The number of nitrogens with one attached hydrogen (secondary N) is 1. The van der Waals surface area contributed by atoms with Crippen LogP contribution in [0, 0.1) is 11.8 Å². The minimum Gasteiger partial charge on any atom is -0.396 e. The second-order valence-corrected chi connectivity index (χ2v) is 5.03. The van der Waals surface area contributed by atoms with Gasteiger partial charge in [-0.1, -0.05) is 0 Å². The molecule has 2 heterocycles. The van der Waals surface area contributed by atoms with E-state index in [-0.39, 0.29) is 19.2 Å². The number of aliphatic hydroxyl groups is 1. The van der Waals surface area contributed by atoms with Crippen LogP contribution in [0.3, 0.4) is 0 Å². The molecule has 2 aliphatic heterocycles. The summed E-state index contributed by atoms with van der Waals surface area (Å²) < 4.78 is 38.4. The average molecular weight is 252 g/mol. The lowest BCUT2D eigenvalue weighted by atomic mass is 9.97. The molecule has 17 heavy (non-hydrogen) atoms. The Balaban J connectivity index is 1.98. The van der Waals surface area contributed by atoms with E-state index in [0.717, 1.165) is 25.9 Å². The van der Waals surface area contributed by atoms with E-state index in [2.05, 4.69) is 5.32 Å². The van der Waals surface area contributed by atoms with E-state index in [1.165, 1.54) is 0 Å². The molecule has 100 valence electrons. The normalized spacial score (nSPS) is 33.2. The predicted octanol–water partition coefficient (Wildman–Crippen LogP) is 0.841. The summed E-state index contributed by atoms with van der Waals surface area (Å²) in [5.41, 5.74) is 0. The zero-order valence-corrected chi connectivity index (χ0v) is 9.71. The Kier molecular flexibility index (Phi) is 3.95.